The van der Waals surface area contributed by atoms with Crippen LogP contribution in [-0.4, -0.2) is 28.9 Å². The number of aliphatic hydroxyl groups is 2. The van der Waals surface area contributed by atoms with Crippen LogP contribution in [0.3, 0.4) is 0 Å². The number of unbranched alkanes of at least 4 members (excludes halogenated alkanes) is 4. The SMILES string of the molecule is OCCCCCCCC(F)(F)C(O)(F)F. The highest BCUT2D eigenvalue weighted by Gasteiger charge is 2.54. The van der Waals surface area contributed by atoms with Gasteiger partial charge in [-0.3, -0.25) is 0 Å². The molecular weight excluding hydrogens is 216 g/mol. The lowest BCUT2D eigenvalue weighted by Gasteiger charge is -2.20. The third-order valence-corrected chi connectivity index (χ3v) is 2.09. The molecule has 0 amide bonds. The van der Waals surface area contributed by atoms with Crippen LogP contribution < -0.4 is 0 Å². The minimum atomic E-state index is -4.93. The highest BCUT2D eigenvalue weighted by atomic mass is 19.3. The standard InChI is InChI=1S/C9H16F4O2/c10-8(11,9(12,13)15)6-4-2-1-3-5-7-14/h14-15H,1-7H2. The van der Waals surface area contributed by atoms with Gasteiger partial charge in [0.1, 0.15) is 0 Å². The fourth-order valence-electron chi connectivity index (χ4n) is 1.14. The molecular formula is C9H16F4O2. The van der Waals surface area contributed by atoms with Crippen LogP contribution in [0.25, 0.3) is 0 Å². The molecule has 6 heteroatoms. The van der Waals surface area contributed by atoms with Crippen molar-refractivity contribution in [3.05, 3.63) is 0 Å². The molecule has 0 unspecified atom stereocenters. The van der Waals surface area contributed by atoms with Crippen LogP contribution in [0.15, 0.2) is 0 Å². The number of rotatable bonds is 8. The van der Waals surface area contributed by atoms with Crippen LogP contribution in [0.4, 0.5) is 17.6 Å². The molecule has 0 radical (unpaired) electrons. The van der Waals surface area contributed by atoms with Crippen molar-refractivity contribution in [1.29, 1.82) is 0 Å². The van der Waals surface area contributed by atoms with Crippen molar-refractivity contribution in [2.24, 2.45) is 0 Å². The molecule has 0 aliphatic rings. The molecule has 2 N–H and O–H groups in total. The summed E-state index contributed by atoms with van der Waals surface area (Å²) in [5.74, 6) is -4.34. The quantitative estimate of drug-likeness (QED) is 0.498. The van der Waals surface area contributed by atoms with Gasteiger partial charge < -0.3 is 10.2 Å². The average molecular weight is 232 g/mol. The Morgan fingerprint density at radius 2 is 1.27 bits per heavy atom. The van der Waals surface area contributed by atoms with E-state index in [2.05, 4.69) is 0 Å². The zero-order valence-corrected chi connectivity index (χ0v) is 8.36. The van der Waals surface area contributed by atoms with E-state index in [0.29, 0.717) is 25.7 Å². The van der Waals surface area contributed by atoms with Crippen molar-refractivity contribution in [1.82, 2.24) is 0 Å². The van der Waals surface area contributed by atoms with Gasteiger partial charge in [-0.1, -0.05) is 19.3 Å². The summed E-state index contributed by atoms with van der Waals surface area (Å²) in [5, 5.41) is 16.3. The van der Waals surface area contributed by atoms with Crippen molar-refractivity contribution in [2.45, 2.75) is 50.6 Å². The molecule has 0 atom stereocenters. The molecule has 0 bridgehead atoms. The van der Waals surface area contributed by atoms with E-state index >= 15 is 0 Å². The lowest BCUT2D eigenvalue weighted by Crippen LogP contribution is -2.39. The number of alkyl halides is 4. The molecule has 92 valence electrons. The monoisotopic (exact) mass is 232 g/mol. The zero-order chi connectivity index (χ0) is 11.9. The Morgan fingerprint density at radius 3 is 1.73 bits per heavy atom. The summed E-state index contributed by atoms with van der Waals surface area (Å²) >= 11 is 0. The lowest BCUT2D eigenvalue weighted by molar-refractivity contribution is -0.327. The average Bonchev–Trinajstić information content (AvgIpc) is 2.09. The first-order valence-corrected chi connectivity index (χ1v) is 4.90. The molecule has 0 rings (SSSR count). The van der Waals surface area contributed by atoms with Gasteiger partial charge >= 0.3 is 12.0 Å². The van der Waals surface area contributed by atoms with Gasteiger partial charge in [0.2, 0.25) is 0 Å². The van der Waals surface area contributed by atoms with Crippen LogP contribution in [0.5, 0.6) is 0 Å². The van der Waals surface area contributed by atoms with Crippen LogP contribution in [0, 0.1) is 0 Å². The van der Waals surface area contributed by atoms with E-state index in [1.165, 1.54) is 0 Å². The highest BCUT2D eigenvalue weighted by Crippen LogP contribution is 2.36. The van der Waals surface area contributed by atoms with E-state index < -0.39 is 18.5 Å². The molecule has 0 fully saturated rings. The minimum Gasteiger partial charge on any atom is -0.396 e. The summed E-state index contributed by atoms with van der Waals surface area (Å²) < 4.78 is 48.7. The maximum Gasteiger partial charge on any atom is 0.416 e. The van der Waals surface area contributed by atoms with Gasteiger partial charge in [-0.05, 0) is 12.8 Å². The lowest BCUT2D eigenvalue weighted by atomic mass is 10.1. The normalized spacial score (nSPS) is 13.2. The summed E-state index contributed by atoms with van der Waals surface area (Å²) in [6.07, 6.45) is -3.72. The van der Waals surface area contributed by atoms with Crippen LogP contribution in [0.1, 0.15) is 38.5 Å². The fourth-order valence-corrected chi connectivity index (χ4v) is 1.14. The summed E-state index contributed by atoms with van der Waals surface area (Å²) in [6.45, 7) is 0.0465. The van der Waals surface area contributed by atoms with Crippen molar-refractivity contribution >= 4 is 0 Å². The Bertz CT molecular complexity index is 168. The summed E-state index contributed by atoms with van der Waals surface area (Å²) in [7, 11) is 0. The number of hydrogen-bond acceptors (Lipinski definition) is 2. The number of hydrogen-bond donors (Lipinski definition) is 2. The van der Waals surface area contributed by atoms with Gasteiger partial charge in [0, 0.05) is 13.0 Å². The van der Waals surface area contributed by atoms with Crippen LogP contribution >= 0.6 is 0 Å². The molecule has 0 aliphatic carbocycles. The smallest absolute Gasteiger partial charge is 0.396 e. The third kappa shape index (κ3) is 5.94. The second-order valence-electron chi connectivity index (χ2n) is 3.49. The maximum absolute atomic E-state index is 12.5. The predicted molar refractivity (Wildman–Crippen MR) is 46.9 cm³/mol. The van der Waals surface area contributed by atoms with E-state index in [0.717, 1.165) is 0 Å². The predicted octanol–water partition coefficient (Wildman–Crippen LogP) is 2.54. The van der Waals surface area contributed by atoms with Crippen molar-refractivity contribution in [3.8, 4) is 0 Å². The molecule has 0 aromatic heterocycles. The molecule has 15 heavy (non-hydrogen) atoms. The van der Waals surface area contributed by atoms with E-state index in [-0.39, 0.29) is 13.0 Å². The van der Waals surface area contributed by atoms with Gasteiger partial charge in [-0.15, -0.1) is 0 Å². The fraction of sp³-hybridized carbons (Fsp3) is 1.00. The van der Waals surface area contributed by atoms with Gasteiger partial charge in [-0.2, -0.15) is 17.6 Å². The Labute approximate surface area is 85.9 Å². The molecule has 0 aromatic rings. The van der Waals surface area contributed by atoms with E-state index in [1.807, 2.05) is 0 Å². The van der Waals surface area contributed by atoms with E-state index in [9.17, 15) is 17.6 Å². The molecule has 0 saturated carbocycles. The first-order chi connectivity index (χ1) is 6.81. The van der Waals surface area contributed by atoms with E-state index in [4.69, 9.17) is 10.2 Å². The van der Waals surface area contributed by atoms with Crippen LogP contribution in [-0.2, 0) is 0 Å². The van der Waals surface area contributed by atoms with Crippen molar-refractivity contribution < 1.29 is 27.8 Å². The third-order valence-electron chi connectivity index (χ3n) is 2.09. The molecule has 0 heterocycles. The number of aliphatic hydroxyl groups excluding tert-OH is 1. The summed E-state index contributed by atoms with van der Waals surface area (Å²) in [5.41, 5.74) is 0. The minimum absolute atomic E-state index is 0.0465. The second-order valence-corrected chi connectivity index (χ2v) is 3.49. The largest absolute Gasteiger partial charge is 0.416 e. The van der Waals surface area contributed by atoms with E-state index in [1.54, 1.807) is 0 Å². The Hall–Kier alpha value is -0.360. The second kappa shape index (κ2) is 6.27. The van der Waals surface area contributed by atoms with Crippen molar-refractivity contribution in [3.63, 3.8) is 0 Å². The number of halogens is 4. The maximum atomic E-state index is 12.5. The molecule has 0 aliphatic heterocycles. The molecule has 2 nitrogen and oxygen atoms in total. The first kappa shape index (κ1) is 14.6. The summed E-state index contributed by atoms with van der Waals surface area (Å²) in [4.78, 5) is 0. The Kier molecular flexibility index (Phi) is 6.12. The topological polar surface area (TPSA) is 40.5 Å². The highest BCUT2D eigenvalue weighted by molar-refractivity contribution is 4.74. The summed E-state index contributed by atoms with van der Waals surface area (Å²) in [6, 6.07) is 0. The Morgan fingerprint density at radius 1 is 0.800 bits per heavy atom. The van der Waals surface area contributed by atoms with Gasteiger partial charge in [-0.25, -0.2) is 0 Å². The van der Waals surface area contributed by atoms with Gasteiger partial charge in [0.15, 0.2) is 0 Å². The first-order valence-electron chi connectivity index (χ1n) is 4.90. The Balaban J connectivity index is 3.58. The molecule has 0 spiro atoms. The molecule has 0 aromatic carbocycles. The van der Waals surface area contributed by atoms with Gasteiger partial charge in [0.25, 0.3) is 0 Å². The molecule has 0 saturated heterocycles. The zero-order valence-electron chi connectivity index (χ0n) is 8.36. The van der Waals surface area contributed by atoms with Crippen molar-refractivity contribution in [2.75, 3.05) is 6.61 Å². The van der Waals surface area contributed by atoms with Gasteiger partial charge in [0.05, 0.1) is 0 Å². The van der Waals surface area contributed by atoms with Crippen LogP contribution in [0.2, 0.25) is 0 Å².